The lowest BCUT2D eigenvalue weighted by atomic mass is 9.75. The third-order valence-corrected chi connectivity index (χ3v) is 7.16. The van der Waals surface area contributed by atoms with Crippen molar-refractivity contribution in [2.24, 2.45) is 17.8 Å². The van der Waals surface area contributed by atoms with Crippen molar-refractivity contribution in [2.45, 2.75) is 73.1 Å². The lowest BCUT2D eigenvalue weighted by Gasteiger charge is -2.31. The van der Waals surface area contributed by atoms with Crippen LogP contribution < -0.4 is 10.6 Å². The molecule has 0 heterocycles. The average molecular weight is 489 g/mol. The minimum absolute atomic E-state index is 0.000626. The van der Waals surface area contributed by atoms with Crippen molar-refractivity contribution in [2.75, 3.05) is 10.6 Å². The summed E-state index contributed by atoms with van der Waals surface area (Å²) in [5, 5.41) is 5.70. The quantitative estimate of drug-likeness (QED) is 0.436. The Morgan fingerprint density at radius 2 is 1.76 bits per heavy atom. The molecule has 0 bridgehead atoms. The largest absolute Gasteiger partial charge is 0.326 e. The van der Waals surface area contributed by atoms with Crippen LogP contribution in [0.2, 0.25) is 5.02 Å². The molecule has 1 aliphatic rings. The molecule has 2 aromatic rings. The summed E-state index contributed by atoms with van der Waals surface area (Å²) in [6.45, 7) is 10.2. The van der Waals surface area contributed by atoms with Crippen molar-refractivity contribution >= 4 is 34.8 Å². The number of hydrogen-bond acceptors (Lipinski definition) is 2. The van der Waals surface area contributed by atoms with Crippen LogP contribution in [-0.2, 0) is 16.0 Å². The number of rotatable bonds is 6. The van der Waals surface area contributed by atoms with Gasteiger partial charge in [0.15, 0.2) is 0 Å². The van der Waals surface area contributed by atoms with Gasteiger partial charge in [-0.1, -0.05) is 50.9 Å². The molecule has 1 saturated carbocycles. The Morgan fingerprint density at radius 1 is 1.09 bits per heavy atom. The SMILES string of the molecule is CCC(C)C1CCC(C(=O)Nc2ccc(Cl)c(F)c2)CC1.CCc1c(C)cccc1NC(C)=O. The van der Waals surface area contributed by atoms with E-state index in [4.69, 9.17) is 11.6 Å². The molecule has 6 heteroatoms. The third kappa shape index (κ3) is 8.12. The Labute approximate surface area is 208 Å². The van der Waals surface area contributed by atoms with E-state index in [2.05, 4.69) is 44.4 Å². The van der Waals surface area contributed by atoms with Gasteiger partial charge in [-0.15, -0.1) is 0 Å². The highest BCUT2D eigenvalue weighted by Gasteiger charge is 2.28. The number of amides is 2. The lowest BCUT2D eigenvalue weighted by molar-refractivity contribution is -0.121. The molecule has 34 heavy (non-hydrogen) atoms. The number of carbonyl (C=O) groups excluding carboxylic acids is 2. The number of nitrogens with one attached hydrogen (secondary N) is 2. The van der Waals surface area contributed by atoms with Crippen LogP contribution in [-0.4, -0.2) is 11.8 Å². The van der Waals surface area contributed by atoms with E-state index in [1.54, 1.807) is 6.07 Å². The van der Waals surface area contributed by atoms with Crippen LogP contribution >= 0.6 is 11.6 Å². The zero-order chi connectivity index (χ0) is 25.3. The smallest absolute Gasteiger partial charge is 0.227 e. The normalized spacial score (nSPS) is 18.3. The molecule has 0 radical (unpaired) electrons. The van der Waals surface area contributed by atoms with Crippen molar-refractivity contribution < 1.29 is 14.0 Å². The second-order valence-electron chi connectivity index (χ2n) is 9.25. The molecule has 0 spiro atoms. The van der Waals surface area contributed by atoms with Crippen molar-refractivity contribution in [1.82, 2.24) is 0 Å². The monoisotopic (exact) mass is 488 g/mol. The molecule has 1 unspecified atom stereocenters. The highest BCUT2D eigenvalue weighted by atomic mass is 35.5. The molecule has 1 atom stereocenters. The summed E-state index contributed by atoms with van der Waals surface area (Å²) in [7, 11) is 0. The Bertz CT molecular complexity index is 971. The van der Waals surface area contributed by atoms with E-state index in [-0.39, 0.29) is 22.8 Å². The van der Waals surface area contributed by atoms with E-state index < -0.39 is 5.82 Å². The van der Waals surface area contributed by atoms with Gasteiger partial charge in [0.2, 0.25) is 11.8 Å². The van der Waals surface area contributed by atoms with Crippen LogP contribution in [0.1, 0.15) is 70.9 Å². The highest BCUT2D eigenvalue weighted by Crippen LogP contribution is 2.35. The first-order valence-corrected chi connectivity index (χ1v) is 12.7. The van der Waals surface area contributed by atoms with Crippen LogP contribution in [0.4, 0.5) is 15.8 Å². The maximum atomic E-state index is 13.4. The van der Waals surface area contributed by atoms with Crippen LogP contribution in [0.25, 0.3) is 0 Å². The molecule has 0 aromatic heterocycles. The maximum Gasteiger partial charge on any atom is 0.227 e. The molecule has 0 saturated heterocycles. The van der Waals surface area contributed by atoms with E-state index in [0.717, 1.165) is 49.6 Å². The second kappa shape index (κ2) is 13.5. The maximum absolute atomic E-state index is 13.4. The fourth-order valence-electron chi connectivity index (χ4n) is 4.58. The molecule has 186 valence electrons. The first-order valence-electron chi connectivity index (χ1n) is 12.3. The molecule has 3 rings (SSSR count). The zero-order valence-corrected chi connectivity index (χ0v) is 21.8. The van der Waals surface area contributed by atoms with Gasteiger partial charge in [-0.3, -0.25) is 9.59 Å². The van der Waals surface area contributed by atoms with Crippen LogP contribution in [0.15, 0.2) is 36.4 Å². The molecular weight excluding hydrogens is 451 g/mol. The molecule has 4 nitrogen and oxygen atoms in total. The van der Waals surface area contributed by atoms with Gasteiger partial charge in [-0.05, 0) is 86.3 Å². The fourth-order valence-corrected chi connectivity index (χ4v) is 4.70. The number of halogens is 2. The van der Waals surface area contributed by atoms with Crippen LogP contribution in [0.3, 0.4) is 0 Å². The Hall–Kier alpha value is -2.40. The highest BCUT2D eigenvalue weighted by molar-refractivity contribution is 6.30. The topological polar surface area (TPSA) is 58.2 Å². The Kier molecular flexibility index (Phi) is 11.0. The van der Waals surface area contributed by atoms with Crippen molar-refractivity contribution in [3.8, 4) is 0 Å². The summed E-state index contributed by atoms with van der Waals surface area (Å²) in [5.41, 5.74) is 3.87. The van der Waals surface area contributed by atoms with Gasteiger partial charge in [-0.2, -0.15) is 0 Å². The number of anilines is 2. The summed E-state index contributed by atoms with van der Waals surface area (Å²) in [5.74, 6) is 1.00. The second-order valence-corrected chi connectivity index (χ2v) is 9.66. The molecule has 2 amide bonds. The Morgan fingerprint density at radius 3 is 2.32 bits per heavy atom. The minimum atomic E-state index is -0.505. The molecule has 2 N–H and O–H groups in total. The summed E-state index contributed by atoms with van der Waals surface area (Å²) in [6, 6.07) is 10.3. The van der Waals surface area contributed by atoms with E-state index in [1.807, 2.05) is 12.1 Å². The van der Waals surface area contributed by atoms with E-state index in [0.29, 0.717) is 5.69 Å². The van der Waals surface area contributed by atoms with Gasteiger partial charge < -0.3 is 10.6 Å². The molecular formula is C28H38ClFN2O2. The molecule has 1 fully saturated rings. The minimum Gasteiger partial charge on any atom is -0.326 e. The molecule has 2 aromatic carbocycles. The van der Waals surface area contributed by atoms with E-state index in [9.17, 15) is 14.0 Å². The van der Waals surface area contributed by atoms with Gasteiger partial charge in [0.25, 0.3) is 0 Å². The summed E-state index contributed by atoms with van der Waals surface area (Å²) >= 11 is 5.64. The Balaban J connectivity index is 0.000000270. The zero-order valence-electron chi connectivity index (χ0n) is 21.0. The average Bonchev–Trinajstić information content (AvgIpc) is 2.81. The van der Waals surface area contributed by atoms with Gasteiger partial charge in [0.05, 0.1) is 5.02 Å². The third-order valence-electron chi connectivity index (χ3n) is 6.85. The number of benzene rings is 2. The van der Waals surface area contributed by atoms with Crippen LogP contribution in [0, 0.1) is 30.5 Å². The standard InChI is InChI=1S/C17H23ClFNO.C11H15NO/c1-3-11(2)12-4-6-13(7-5-12)17(21)20-14-8-9-15(18)16(19)10-14;1-4-10-8(2)6-5-7-11(10)12-9(3)13/h8-13H,3-7H2,1-2H3,(H,20,21);5-7H,4H2,1-3H3,(H,12,13). The van der Waals surface area contributed by atoms with Gasteiger partial charge >= 0.3 is 0 Å². The predicted molar refractivity (Wildman–Crippen MR) is 140 cm³/mol. The van der Waals surface area contributed by atoms with E-state index in [1.165, 1.54) is 36.6 Å². The molecule has 1 aliphatic carbocycles. The van der Waals surface area contributed by atoms with Gasteiger partial charge in [-0.25, -0.2) is 4.39 Å². The molecule has 0 aliphatic heterocycles. The summed E-state index contributed by atoms with van der Waals surface area (Å²) in [6.07, 6.45) is 6.23. The summed E-state index contributed by atoms with van der Waals surface area (Å²) in [4.78, 5) is 23.1. The lowest BCUT2D eigenvalue weighted by Crippen LogP contribution is -2.28. The fraction of sp³-hybridized carbons (Fsp3) is 0.500. The number of carbonyl (C=O) groups is 2. The van der Waals surface area contributed by atoms with Crippen molar-refractivity contribution in [3.05, 3.63) is 58.4 Å². The van der Waals surface area contributed by atoms with E-state index >= 15 is 0 Å². The number of hydrogen-bond donors (Lipinski definition) is 2. The van der Waals surface area contributed by atoms with Crippen molar-refractivity contribution in [3.63, 3.8) is 0 Å². The first kappa shape index (κ1) is 27.8. The van der Waals surface area contributed by atoms with Crippen LogP contribution in [0.5, 0.6) is 0 Å². The number of aryl methyl sites for hydroxylation is 1. The predicted octanol–water partition coefficient (Wildman–Crippen LogP) is 7.79. The van der Waals surface area contributed by atoms with Gasteiger partial charge in [0.1, 0.15) is 5.82 Å². The van der Waals surface area contributed by atoms with Gasteiger partial charge in [0, 0.05) is 24.2 Å². The van der Waals surface area contributed by atoms with Crippen molar-refractivity contribution in [1.29, 1.82) is 0 Å². The first-order chi connectivity index (χ1) is 16.2. The summed E-state index contributed by atoms with van der Waals surface area (Å²) < 4.78 is 13.4.